The fourth-order valence-corrected chi connectivity index (χ4v) is 1.97. The van der Waals surface area contributed by atoms with Crippen LogP contribution in [0.2, 0.25) is 0 Å². The van der Waals surface area contributed by atoms with Crippen molar-refractivity contribution in [2.24, 2.45) is 0 Å². The molecule has 0 aromatic heterocycles. The number of esters is 1. The van der Waals surface area contributed by atoms with Crippen molar-refractivity contribution in [2.45, 2.75) is 6.92 Å². The number of carbonyl (C=O) groups is 2. The number of amides is 1. The smallest absolute Gasteiger partial charge is 0.338 e. The first kappa shape index (κ1) is 14.3. The van der Waals surface area contributed by atoms with Gasteiger partial charge in [-0.2, -0.15) is 0 Å². The molecule has 1 aliphatic heterocycles. The van der Waals surface area contributed by atoms with E-state index in [1.165, 1.54) is 0 Å². The highest BCUT2D eigenvalue weighted by Crippen LogP contribution is 2.14. The Morgan fingerprint density at radius 2 is 2.05 bits per heavy atom. The first-order valence-corrected chi connectivity index (χ1v) is 6.46. The molecule has 1 heterocycles. The minimum absolute atomic E-state index is 0.205. The lowest BCUT2D eigenvalue weighted by Gasteiger charge is -2.26. The largest absolute Gasteiger partial charge is 0.452 e. The van der Waals surface area contributed by atoms with E-state index in [1.807, 2.05) is 0 Å². The molecule has 1 aromatic rings. The number of morpholine rings is 1. The maximum atomic E-state index is 11.9. The van der Waals surface area contributed by atoms with Gasteiger partial charge in [-0.1, -0.05) is 6.07 Å². The molecule has 0 spiro atoms. The molecule has 20 heavy (non-hydrogen) atoms. The van der Waals surface area contributed by atoms with E-state index in [0.717, 1.165) is 5.56 Å². The summed E-state index contributed by atoms with van der Waals surface area (Å²) in [5, 5.41) is 0. The number of ether oxygens (including phenoxy) is 2. The van der Waals surface area contributed by atoms with Crippen molar-refractivity contribution < 1.29 is 19.1 Å². The van der Waals surface area contributed by atoms with E-state index < -0.39 is 5.97 Å². The van der Waals surface area contributed by atoms with Crippen LogP contribution in [0.15, 0.2) is 18.2 Å². The van der Waals surface area contributed by atoms with Crippen LogP contribution in [0.1, 0.15) is 15.9 Å². The van der Waals surface area contributed by atoms with Gasteiger partial charge in [-0.25, -0.2) is 4.79 Å². The molecule has 0 radical (unpaired) electrons. The summed E-state index contributed by atoms with van der Waals surface area (Å²) in [5.41, 5.74) is 7.28. The van der Waals surface area contributed by atoms with Gasteiger partial charge in [0.1, 0.15) is 0 Å². The minimum atomic E-state index is -0.531. The van der Waals surface area contributed by atoms with E-state index in [0.29, 0.717) is 37.6 Å². The average Bonchev–Trinajstić information content (AvgIpc) is 2.47. The van der Waals surface area contributed by atoms with E-state index in [1.54, 1.807) is 30.0 Å². The van der Waals surface area contributed by atoms with Gasteiger partial charge < -0.3 is 20.1 Å². The second kappa shape index (κ2) is 6.38. The van der Waals surface area contributed by atoms with Gasteiger partial charge in [-0.3, -0.25) is 4.79 Å². The molecule has 0 atom stereocenters. The zero-order chi connectivity index (χ0) is 14.5. The zero-order valence-corrected chi connectivity index (χ0v) is 11.4. The Bertz CT molecular complexity index is 510. The molecule has 1 saturated heterocycles. The number of hydrogen-bond donors (Lipinski definition) is 1. The highest BCUT2D eigenvalue weighted by molar-refractivity contribution is 5.93. The first-order chi connectivity index (χ1) is 9.58. The molecule has 0 aliphatic carbocycles. The lowest BCUT2D eigenvalue weighted by molar-refractivity contribution is -0.138. The summed E-state index contributed by atoms with van der Waals surface area (Å²) < 4.78 is 10.2. The Labute approximate surface area is 117 Å². The van der Waals surface area contributed by atoms with Crippen LogP contribution in [-0.4, -0.2) is 49.7 Å². The van der Waals surface area contributed by atoms with Crippen molar-refractivity contribution in [3.63, 3.8) is 0 Å². The Kier molecular flexibility index (Phi) is 4.57. The van der Waals surface area contributed by atoms with E-state index in [4.69, 9.17) is 15.2 Å². The number of nitrogen functional groups attached to an aromatic ring is 1. The summed E-state index contributed by atoms with van der Waals surface area (Å²) in [6.45, 7) is 3.65. The number of hydrogen-bond acceptors (Lipinski definition) is 5. The third-order valence-electron chi connectivity index (χ3n) is 3.17. The third-order valence-corrected chi connectivity index (χ3v) is 3.17. The molecule has 0 unspecified atom stereocenters. The van der Waals surface area contributed by atoms with Crippen molar-refractivity contribution in [3.8, 4) is 0 Å². The maximum absolute atomic E-state index is 11.9. The molecule has 1 aliphatic rings. The van der Waals surface area contributed by atoms with Gasteiger partial charge >= 0.3 is 5.97 Å². The summed E-state index contributed by atoms with van der Waals surface area (Å²) in [4.78, 5) is 25.4. The lowest BCUT2D eigenvalue weighted by atomic mass is 10.1. The number of aryl methyl sites for hydroxylation is 1. The fraction of sp³-hybridized carbons (Fsp3) is 0.429. The normalized spacial score (nSPS) is 14.9. The van der Waals surface area contributed by atoms with Crippen molar-refractivity contribution in [3.05, 3.63) is 29.3 Å². The number of carbonyl (C=O) groups excluding carboxylic acids is 2. The predicted molar refractivity (Wildman–Crippen MR) is 73.3 cm³/mol. The van der Waals surface area contributed by atoms with Crippen LogP contribution in [0.4, 0.5) is 5.69 Å². The van der Waals surface area contributed by atoms with Crippen molar-refractivity contribution in [1.29, 1.82) is 0 Å². The van der Waals surface area contributed by atoms with Crippen molar-refractivity contribution >= 4 is 17.6 Å². The van der Waals surface area contributed by atoms with Gasteiger partial charge in [0, 0.05) is 18.8 Å². The number of nitrogens with zero attached hydrogens (tertiary/aromatic N) is 1. The van der Waals surface area contributed by atoms with Gasteiger partial charge in [-0.15, -0.1) is 0 Å². The van der Waals surface area contributed by atoms with Crippen LogP contribution in [-0.2, 0) is 14.3 Å². The standard InChI is InChI=1S/C14H18N2O4/c1-10-2-3-11(15)8-12(10)14(18)20-9-13(17)16-4-6-19-7-5-16/h2-3,8H,4-7,9,15H2,1H3. The van der Waals surface area contributed by atoms with Gasteiger partial charge in [0.2, 0.25) is 0 Å². The second-order valence-corrected chi connectivity index (χ2v) is 4.64. The number of nitrogens with two attached hydrogens (primary N) is 1. The number of rotatable bonds is 3. The summed E-state index contributed by atoms with van der Waals surface area (Å²) in [6, 6.07) is 5.01. The van der Waals surface area contributed by atoms with Gasteiger partial charge in [-0.05, 0) is 24.6 Å². The monoisotopic (exact) mass is 278 g/mol. The fourth-order valence-electron chi connectivity index (χ4n) is 1.97. The van der Waals surface area contributed by atoms with E-state index in [-0.39, 0.29) is 12.5 Å². The molecule has 2 rings (SSSR count). The molecule has 1 amide bonds. The Balaban J connectivity index is 1.91. The van der Waals surface area contributed by atoms with Crippen molar-refractivity contribution in [1.82, 2.24) is 4.90 Å². The predicted octanol–water partition coefficient (Wildman–Crippen LogP) is 0.593. The van der Waals surface area contributed by atoms with Crippen LogP contribution in [0.25, 0.3) is 0 Å². The van der Waals surface area contributed by atoms with Crippen LogP contribution in [0.5, 0.6) is 0 Å². The maximum Gasteiger partial charge on any atom is 0.338 e. The van der Waals surface area contributed by atoms with Crippen LogP contribution in [0, 0.1) is 6.92 Å². The minimum Gasteiger partial charge on any atom is -0.452 e. The summed E-state index contributed by atoms with van der Waals surface area (Å²) in [6.07, 6.45) is 0. The molecular formula is C14H18N2O4. The van der Waals surface area contributed by atoms with E-state index in [2.05, 4.69) is 0 Å². The zero-order valence-electron chi connectivity index (χ0n) is 11.4. The van der Waals surface area contributed by atoms with E-state index >= 15 is 0 Å². The van der Waals surface area contributed by atoms with Crippen LogP contribution >= 0.6 is 0 Å². The molecule has 6 nitrogen and oxygen atoms in total. The third kappa shape index (κ3) is 3.48. The van der Waals surface area contributed by atoms with Crippen LogP contribution in [0.3, 0.4) is 0 Å². The SMILES string of the molecule is Cc1ccc(N)cc1C(=O)OCC(=O)N1CCOCC1. The van der Waals surface area contributed by atoms with Crippen molar-refractivity contribution in [2.75, 3.05) is 38.6 Å². The molecule has 1 fully saturated rings. The summed E-state index contributed by atoms with van der Waals surface area (Å²) in [5.74, 6) is -0.736. The Morgan fingerprint density at radius 1 is 1.35 bits per heavy atom. The molecule has 6 heteroatoms. The molecule has 108 valence electrons. The molecule has 0 saturated carbocycles. The quantitative estimate of drug-likeness (QED) is 0.646. The lowest BCUT2D eigenvalue weighted by Crippen LogP contribution is -2.42. The van der Waals surface area contributed by atoms with Gasteiger partial charge in [0.25, 0.3) is 5.91 Å². The second-order valence-electron chi connectivity index (χ2n) is 4.64. The summed E-state index contributed by atoms with van der Waals surface area (Å²) >= 11 is 0. The topological polar surface area (TPSA) is 81.9 Å². The average molecular weight is 278 g/mol. The van der Waals surface area contributed by atoms with E-state index in [9.17, 15) is 9.59 Å². The highest BCUT2D eigenvalue weighted by Gasteiger charge is 2.19. The molecular weight excluding hydrogens is 260 g/mol. The number of anilines is 1. The Morgan fingerprint density at radius 3 is 2.75 bits per heavy atom. The summed E-state index contributed by atoms with van der Waals surface area (Å²) in [7, 11) is 0. The van der Waals surface area contributed by atoms with Crippen LogP contribution < -0.4 is 5.73 Å². The highest BCUT2D eigenvalue weighted by atomic mass is 16.5. The van der Waals surface area contributed by atoms with Gasteiger partial charge in [0.15, 0.2) is 6.61 Å². The first-order valence-electron chi connectivity index (χ1n) is 6.46. The Hall–Kier alpha value is -2.08. The molecule has 2 N–H and O–H groups in total. The van der Waals surface area contributed by atoms with Gasteiger partial charge in [0.05, 0.1) is 18.8 Å². The number of benzene rings is 1. The molecule has 1 aromatic carbocycles. The molecule has 0 bridgehead atoms.